The van der Waals surface area contributed by atoms with Gasteiger partial charge >= 0.3 is 0 Å². The van der Waals surface area contributed by atoms with Crippen LogP contribution >= 0.6 is 0 Å². The molecular formula is C25H35N3O2Si. The highest BCUT2D eigenvalue weighted by molar-refractivity contribution is 6.76. The summed E-state index contributed by atoms with van der Waals surface area (Å²) in [6.45, 7) is 12.3. The van der Waals surface area contributed by atoms with Gasteiger partial charge in [0.25, 0.3) is 0 Å². The third-order valence-corrected chi connectivity index (χ3v) is 7.10. The van der Waals surface area contributed by atoms with E-state index in [1.807, 2.05) is 17.7 Å². The number of aryl methyl sites for hydroxylation is 1. The third kappa shape index (κ3) is 6.28. The van der Waals surface area contributed by atoms with Crippen LogP contribution in [0.2, 0.25) is 25.7 Å². The summed E-state index contributed by atoms with van der Waals surface area (Å²) in [5.41, 5.74) is 4.59. The van der Waals surface area contributed by atoms with Crippen LogP contribution in [0, 0.1) is 0 Å². The van der Waals surface area contributed by atoms with Gasteiger partial charge in [-0.2, -0.15) is 5.10 Å². The summed E-state index contributed by atoms with van der Waals surface area (Å²) < 4.78 is 7.83. The fourth-order valence-corrected chi connectivity index (χ4v) is 4.18. The number of amides is 1. The average molecular weight is 438 g/mol. The molecular weight excluding hydrogens is 402 g/mol. The molecule has 1 aromatic heterocycles. The number of anilines is 1. The number of ether oxygens (including phenoxy) is 1. The lowest BCUT2D eigenvalue weighted by atomic mass is 10.0. The Bertz CT molecular complexity index is 1020. The van der Waals surface area contributed by atoms with E-state index in [2.05, 4.69) is 73.4 Å². The number of benzene rings is 2. The van der Waals surface area contributed by atoms with Gasteiger partial charge < -0.3 is 10.1 Å². The van der Waals surface area contributed by atoms with Crippen LogP contribution < -0.4 is 5.32 Å². The first kappa shape index (κ1) is 23.2. The number of nitrogens with zero attached hydrogens (tertiary/aromatic N) is 2. The lowest BCUT2D eigenvalue weighted by Gasteiger charge is -2.15. The van der Waals surface area contributed by atoms with Crippen molar-refractivity contribution in [3.8, 4) is 11.1 Å². The van der Waals surface area contributed by atoms with E-state index in [0.717, 1.165) is 42.0 Å². The SMILES string of the molecule is CCCC(=O)Nc1nn(COCC[Si](C)(C)C)c2cc(-c3ccc(CC)cc3)ccc12. The summed E-state index contributed by atoms with van der Waals surface area (Å²) in [6, 6.07) is 16.1. The molecule has 6 heteroatoms. The minimum atomic E-state index is -1.15. The minimum Gasteiger partial charge on any atom is -0.360 e. The number of hydrogen-bond acceptors (Lipinski definition) is 3. The van der Waals surface area contributed by atoms with E-state index in [4.69, 9.17) is 4.74 Å². The molecule has 1 heterocycles. The fourth-order valence-electron chi connectivity index (χ4n) is 3.43. The monoisotopic (exact) mass is 437 g/mol. The van der Waals surface area contributed by atoms with Crippen LogP contribution in [0.4, 0.5) is 5.82 Å². The van der Waals surface area contributed by atoms with Crippen molar-refractivity contribution in [2.45, 2.75) is 65.5 Å². The lowest BCUT2D eigenvalue weighted by Crippen LogP contribution is -2.22. The molecule has 1 amide bonds. The van der Waals surface area contributed by atoms with Crippen LogP contribution in [0.1, 0.15) is 32.3 Å². The maximum Gasteiger partial charge on any atom is 0.225 e. The molecule has 31 heavy (non-hydrogen) atoms. The molecule has 2 aromatic carbocycles. The third-order valence-electron chi connectivity index (χ3n) is 5.39. The Hall–Kier alpha value is -2.44. The van der Waals surface area contributed by atoms with E-state index in [1.165, 1.54) is 11.1 Å². The molecule has 0 bridgehead atoms. The number of carbonyl (C=O) groups is 1. The van der Waals surface area contributed by atoms with Crippen molar-refractivity contribution in [1.82, 2.24) is 9.78 Å². The molecule has 3 aromatic rings. The lowest BCUT2D eigenvalue weighted by molar-refractivity contribution is -0.116. The van der Waals surface area contributed by atoms with E-state index in [1.54, 1.807) is 0 Å². The van der Waals surface area contributed by atoms with Crippen LogP contribution in [-0.2, 0) is 22.7 Å². The van der Waals surface area contributed by atoms with E-state index in [-0.39, 0.29) is 5.91 Å². The second-order valence-corrected chi connectivity index (χ2v) is 14.9. The van der Waals surface area contributed by atoms with Crippen molar-refractivity contribution in [1.29, 1.82) is 0 Å². The van der Waals surface area contributed by atoms with Gasteiger partial charge in [-0.15, -0.1) is 0 Å². The molecule has 1 N–H and O–H groups in total. The predicted octanol–water partition coefficient (Wildman–Crippen LogP) is 6.32. The molecule has 0 fully saturated rings. The molecule has 0 unspecified atom stereocenters. The zero-order chi connectivity index (χ0) is 22.4. The van der Waals surface area contributed by atoms with Crippen molar-refractivity contribution >= 4 is 30.7 Å². The Morgan fingerprint density at radius 2 is 1.77 bits per heavy atom. The summed E-state index contributed by atoms with van der Waals surface area (Å²) in [7, 11) is -1.15. The van der Waals surface area contributed by atoms with Crippen LogP contribution in [0.5, 0.6) is 0 Å². The quantitative estimate of drug-likeness (QED) is 0.298. The largest absolute Gasteiger partial charge is 0.360 e. The number of rotatable bonds is 10. The summed E-state index contributed by atoms with van der Waals surface area (Å²) >= 11 is 0. The van der Waals surface area contributed by atoms with Crippen LogP contribution in [0.3, 0.4) is 0 Å². The number of nitrogens with one attached hydrogen (secondary N) is 1. The van der Waals surface area contributed by atoms with Crippen molar-refractivity contribution in [2.24, 2.45) is 0 Å². The van der Waals surface area contributed by atoms with Gasteiger partial charge in [0, 0.05) is 26.5 Å². The summed E-state index contributed by atoms with van der Waals surface area (Å²) in [6.07, 6.45) is 2.33. The molecule has 0 aliphatic rings. The predicted molar refractivity (Wildman–Crippen MR) is 132 cm³/mol. The van der Waals surface area contributed by atoms with Gasteiger partial charge in [-0.05, 0) is 47.7 Å². The van der Waals surface area contributed by atoms with E-state index in [0.29, 0.717) is 19.0 Å². The Morgan fingerprint density at radius 3 is 2.42 bits per heavy atom. The summed E-state index contributed by atoms with van der Waals surface area (Å²) in [5.74, 6) is 0.600. The minimum absolute atomic E-state index is 0.00654. The van der Waals surface area contributed by atoms with Gasteiger partial charge in [-0.3, -0.25) is 4.79 Å². The van der Waals surface area contributed by atoms with E-state index >= 15 is 0 Å². The molecule has 3 rings (SSSR count). The smallest absolute Gasteiger partial charge is 0.225 e. The fraction of sp³-hybridized carbons (Fsp3) is 0.440. The summed E-state index contributed by atoms with van der Waals surface area (Å²) in [4.78, 5) is 12.2. The molecule has 0 saturated carbocycles. The number of aromatic nitrogens is 2. The van der Waals surface area contributed by atoms with Crippen molar-refractivity contribution < 1.29 is 9.53 Å². The van der Waals surface area contributed by atoms with Crippen LogP contribution in [-0.4, -0.2) is 30.4 Å². The first-order valence-corrected chi connectivity index (χ1v) is 15.0. The first-order valence-electron chi connectivity index (χ1n) is 11.3. The average Bonchev–Trinajstić information content (AvgIpc) is 3.07. The molecule has 0 radical (unpaired) electrons. The van der Waals surface area contributed by atoms with Crippen LogP contribution in [0.15, 0.2) is 42.5 Å². The van der Waals surface area contributed by atoms with Crippen molar-refractivity contribution in [3.63, 3.8) is 0 Å². The molecule has 5 nitrogen and oxygen atoms in total. The molecule has 166 valence electrons. The zero-order valence-electron chi connectivity index (χ0n) is 19.5. The highest BCUT2D eigenvalue weighted by atomic mass is 28.3. The van der Waals surface area contributed by atoms with Crippen LogP contribution in [0.25, 0.3) is 22.0 Å². The summed E-state index contributed by atoms with van der Waals surface area (Å²) in [5, 5.41) is 8.59. The second-order valence-electron chi connectivity index (χ2n) is 9.28. The van der Waals surface area contributed by atoms with Gasteiger partial charge in [0.05, 0.1) is 5.52 Å². The Kier molecular flexibility index (Phi) is 7.67. The highest BCUT2D eigenvalue weighted by Crippen LogP contribution is 2.29. The number of fused-ring (bicyclic) bond motifs is 1. The van der Waals surface area contributed by atoms with Gasteiger partial charge in [0.1, 0.15) is 6.73 Å². The molecule has 0 spiro atoms. The van der Waals surface area contributed by atoms with E-state index in [9.17, 15) is 4.79 Å². The molecule has 0 aliphatic heterocycles. The van der Waals surface area contributed by atoms with Crippen molar-refractivity contribution in [2.75, 3.05) is 11.9 Å². The highest BCUT2D eigenvalue weighted by Gasteiger charge is 2.15. The topological polar surface area (TPSA) is 56.2 Å². The van der Waals surface area contributed by atoms with Gasteiger partial charge in [-0.25, -0.2) is 4.68 Å². The Labute approximate surface area is 186 Å². The van der Waals surface area contributed by atoms with Gasteiger partial charge in [0.15, 0.2) is 5.82 Å². The number of hydrogen-bond donors (Lipinski definition) is 1. The maximum absolute atomic E-state index is 12.2. The maximum atomic E-state index is 12.2. The number of carbonyl (C=O) groups excluding carboxylic acids is 1. The van der Waals surface area contributed by atoms with Gasteiger partial charge in [0.2, 0.25) is 5.91 Å². The Balaban J connectivity index is 1.91. The van der Waals surface area contributed by atoms with Crippen molar-refractivity contribution in [3.05, 3.63) is 48.0 Å². The molecule has 0 saturated heterocycles. The molecule has 0 atom stereocenters. The molecule has 0 aliphatic carbocycles. The normalized spacial score (nSPS) is 11.8. The van der Waals surface area contributed by atoms with E-state index < -0.39 is 8.07 Å². The standard InChI is InChI=1S/C25H35N3O2Si/c1-6-8-24(29)26-25-22-14-13-21(20-11-9-19(7-2)10-12-20)17-23(22)28(27-25)18-30-15-16-31(3,4)5/h9-14,17H,6-8,15-16,18H2,1-5H3,(H,26,27,29). The first-order chi connectivity index (χ1) is 14.8. The zero-order valence-corrected chi connectivity index (χ0v) is 20.5. The van der Waals surface area contributed by atoms with Gasteiger partial charge in [-0.1, -0.05) is 63.8 Å². The Morgan fingerprint density at radius 1 is 1.06 bits per heavy atom. The second kappa shape index (κ2) is 10.2.